The van der Waals surface area contributed by atoms with Crippen LogP contribution in [0.15, 0.2) is 0 Å². The van der Waals surface area contributed by atoms with Crippen LogP contribution in [0.3, 0.4) is 0 Å². The Kier molecular flexibility index (Phi) is 3.06. The maximum absolute atomic E-state index is 4.47. The van der Waals surface area contributed by atoms with Crippen molar-refractivity contribution in [3.8, 4) is 0 Å². The van der Waals surface area contributed by atoms with E-state index in [1.165, 1.54) is 28.4 Å². The van der Waals surface area contributed by atoms with Gasteiger partial charge in [0.05, 0.1) is 10.7 Å². The highest BCUT2D eigenvalue weighted by molar-refractivity contribution is 7.11. The standard InChI is InChI=1S/C9H15NS/c1-4-5-6-9-7(2)11-8(3)10-9/h4-6H2,1-3H3. The third-order valence-electron chi connectivity index (χ3n) is 1.77. The molecule has 0 aromatic carbocycles. The minimum absolute atomic E-state index is 1.16. The Morgan fingerprint density at radius 2 is 2.09 bits per heavy atom. The molecule has 1 heterocycles. The van der Waals surface area contributed by atoms with Crippen molar-refractivity contribution in [2.75, 3.05) is 0 Å². The second kappa shape index (κ2) is 3.86. The minimum Gasteiger partial charge on any atom is -0.246 e. The van der Waals surface area contributed by atoms with Gasteiger partial charge in [-0.15, -0.1) is 11.3 Å². The Labute approximate surface area is 72.5 Å². The zero-order chi connectivity index (χ0) is 8.27. The number of hydrogen-bond donors (Lipinski definition) is 0. The Morgan fingerprint density at radius 1 is 1.36 bits per heavy atom. The maximum Gasteiger partial charge on any atom is 0.0900 e. The molecule has 0 aliphatic rings. The molecule has 0 radical (unpaired) electrons. The summed E-state index contributed by atoms with van der Waals surface area (Å²) in [5.74, 6) is 0. The van der Waals surface area contributed by atoms with Crippen molar-refractivity contribution in [3.63, 3.8) is 0 Å². The van der Waals surface area contributed by atoms with Crippen LogP contribution in [0.2, 0.25) is 0 Å². The summed E-state index contributed by atoms with van der Waals surface area (Å²) in [6.45, 7) is 6.46. The van der Waals surface area contributed by atoms with Crippen LogP contribution in [0, 0.1) is 13.8 Å². The quantitative estimate of drug-likeness (QED) is 0.677. The first-order chi connectivity index (χ1) is 5.24. The fourth-order valence-corrected chi connectivity index (χ4v) is 2.01. The lowest BCUT2D eigenvalue weighted by molar-refractivity contribution is 0.776. The first kappa shape index (κ1) is 8.72. The van der Waals surface area contributed by atoms with E-state index in [0.717, 1.165) is 6.42 Å². The van der Waals surface area contributed by atoms with Crippen LogP contribution in [0.1, 0.15) is 35.3 Å². The highest BCUT2D eigenvalue weighted by atomic mass is 32.1. The Hall–Kier alpha value is -0.370. The zero-order valence-electron chi connectivity index (χ0n) is 7.48. The molecule has 11 heavy (non-hydrogen) atoms. The molecule has 0 bridgehead atoms. The van der Waals surface area contributed by atoms with Gasteiger partial charge in [-0.2, -0.15) is 0 Å². The molecule has 62 valence electrons. The third kappa shape index (κ3) is 2.29. The molecule has 0 aliphatic carbocycles. The van der Waals surface area contributed by atoms with Gasteiger partial charge >= 0.3 is 0 Å². The summed E-state index contributed by atoms with van der Waals surface area (Å²) in [4.78, 5) is 5.87. The molecule has 0 unspecified atom stereocenters. The van der Waals surface area contributed by atoms with Crippen molar-refractivity contribution in [3.05, 3.63) is 15.6 Å². The molecular formula is C9H15NS. The number of nitrogens with zero attached hydrogens (tertiary/aromatic N) is 1. The molecular weight excluding hydrogens is 154 g/mol. The Morgan fingerprint density at radius 3 is 2.55 bits per heavy atom. The van der Waals surface area contributed by atoms with Gasteiger partial charge in [0.1, 0.15) is 0 Å². The first-order valence-electron chi connectivity index (χ1n) is 4.17. The number of aromatic nitrogens is 1. The molecule has 0 saturated carbocycles. The summed E-state index contributed by atoms with van der Waals surface area (Å²) >= 11 is 1.81. The third-order valence-corrected chi connectivity index (χ3v) is 2.70. The van der Waals surface area contributed by atoms with Gasteiger partial charge in [0.2, 0.25) is 0 Å². The lowest BCUT2D eigenvalue weighted by Crippen LogP contribution is -1.86. The SMILES string of the molecule is CCCCc1nc(C)sc1C. The molecule has 0 saturated heterocycles. The Balaban J connectivity index is 2.62. The summed E-state index contributed by atoms with van der Waals surface area (Å²) < 4.78 is 0. The Bertz CT molecular complexity index is 227. The van der Waals surface area contributed by atoms with Crippen LogP contribution in [0.25, 0.3) is 0 Å². The van der Waals surface area contributed by atoms with Crippen molar-refractivity contribution >= 4 is 11.3 Å². The molecule has 0 aliphatic heterocycles. The van der Waals surface area contributed by atoms with E-state index in [2.05, 4.69) is 25.8 Å². The molecule has 1 nitrogen and oxygen atoms in total. The topological polar surface area (TPSA) is 12.9 Å². The van der Waals surface area contributed by atoms with Crippen LogP contribution < -0.4 is 0 Å². The van der Waals surface area contributed by atoms with E-state index in [1.807, 2.05) is 11.3 Å². The average molecular weight is 169 g/mol. The van der Waals surface area contributed by atoms with E-state index in [9.17, 15) is 0 Å². The monoisotopic (exact) mass is 169 g/mol. The van der Waals surface area contributed by atoms with Gasteiger partial charge < -0.3 is 0 Å². The molecule has 0 fully saturated rings. The molecule has 1 rings (SSSR count). The zero-order valence-corrected chi connectivity index (χ0v) is 8.29. The van der Waals surface area contributed by atoms with Gasteiger partial charge in [-0.3, -0.25) is 0 Å². The van der Waals surface area contributed by atoms with Crippen LogP contribution in [-0.2, 0) is 6.42 Å². The largest absolute Gasteiger partial charge is 0.246 e. The molecule has 0 N–H and O–H groups in total. The highest BCUT2D eigenvalue weighted by Crippen LogP contribution is 2.17. The van der Waals surface area contributed by atoms with Crippen molar-refractivity contribution in [2.45, 2.75) is 40.0 Å². The van der Waals surface area contributed by atoms with Crippen molar-refractivity contribution in [1.29, 1.82) is 0 Å². The van der Waals surface area contributed by atoms with Gasteiger partial charge in [-0.25, -0.2) is 4.98 Å². The van der Waals surface area contributed by atoms with Gasteiger partial charge in [-0.1, -0.05) is 13.3 Å². The second-order valence-electron chi connectivity index (χ2n) is 2.84. The second-order valence-corrected chi connectivity index (χ2v) is 4.25. The molecule has 0 atom stereocenters. The van der Waals surface area contributed by atoms with Crippen LogP contribution in [-0.4, -0.2) is 4.98 Å². The van der Waals surface area contributed by atoms with E-state index in [4.69, 9.17) is 0 Å². The van der Waals surface area contributed by atoms with E-state index in [0.29, 0.717) is 0 Å². The molecule has 2 heteroatoms. The smallest absolute Gasteiger partial charge is 0.0900 e. The summed E-state index contributed by atoms with van der Waals surface area (Å²) in [5, 5.41) is 1.20. The van der Waals surface area contributed by atoms with E-state index in [-0.39, 0.29) is 0 Å². The van der Waals surface area contributed by atoms with Gasteiger partial charge in [0, 0.05) is 4.88 Å². The van der Waals surface area contributed by atoms with Gasteiger partial charge in [-0.05, 0) is 26.7 Å². The van der Waals surface area contributed by atoms with Crippen molar-refractivity contribution in [1.82, 2.24) is 4.98 Å². The van der Waals surface area contributed by atoms with E-state index in [1.54, 1.807) is 0 Å². The predicted octanol–water partition coefficient (Wildman–Crippen LogP) is 3.10. The van der Waals surface area contributed by atoms with Crippen LogP contribution >= 0.6 is 11.3 Å². The van der Waals surface area contributed by atoms with E-state index >= 15 is 0 Å². The summed E-state index contributed by atoms with van der Waals surface area (Å²) in [6.07, 6.45) is 3.69. The lowest BCUT2D eigenvalue weighted by Gasteiger charge is -1.93. The number of hydrogen-bond acceptors (Lipinski definition) is 2. The minimum atomic E-state index is 1.16. The van der Waals surface area contributed by atoms with Gasteiger partial charge in [0.15, 0.2) is 0 Å². The fourth-order valence-electron chi connectivity index (χ4n) is 1.15. The lowest BCUT2D eigenvalue weighted by atomic mass is 10.2. The number of unbranched alkanes of at least 4 members (excludes halogenated alkanes) is 1. The van der Waals surface area contributed by atoms with Crippen LogP contribution in [0.4, 0.5) is 0 Å². The number of thiazole rings is 1. The van der Waals surface area contributed by atoms with Crippen molar-refractivity contribution < 1.29 is 0 Å². The van der Waals surface area contributed by atoms with Crippen LogP contribution in [0.5, 0.6) is 0 Å². The van der Waals surface area contributed by atoms with Crippen molar-refractivity contribution in [2.24, 2.45) is 0 Å². The summed E-state index contributed by atoms with van der Waals surface area (Å²) in [6, 6.07) is 0. The molecule has 1 aromatic rings. The average Bonchev–Trinajstić information content (AvgIpc) is 2.26. The molecule has 1 aromatic heterocycles. The number of rotatable bonds is 3. The molecule has 0 spiro atoms. The summed E-state index contributed by atoms with van der Waals surface area (Å²) in [5.41, 5.74) is 1.31. The normalized spacial score (nSPS) is 10.5. The maximum atomic E-state index is 4.47. The molecule has 0 amide bonds. The summed E-state index contributed by atoms with van der Waals surface area (Å²) in [7, 11) is 0. The van der Waals surface area contributed by atoms with E-state index < -0.39 is 0 Å². The fraction of sp³-hybridized carbons (Fsp3) is 0.667. The first-order valence-corrected chi connectivity index (χ1v) is 4.98. The number of aryl methyl sites for hydroxylation is 3. The highest BCUT2D eigenvalue weighted by Gasteiger charge is 2.02. The predicted molar refractivity (Wildman–Crippen MR) is 50.2 cm³/mol. The van der Waals surface area contributed by atoms with Gasteiger partial charge in [0.25, 0.3) is 0 Å².